The van der Waals surface area contributed by atoms with Gasteiger partial charge in [0.25, 0.3) is 0 Å². The number of hydrogen-bond acceptors (Lipinski definition) is 2. The first-order valence-corrected chi connectivity index (χ1v) is 8.82. The first-order valence-electron chi connectivity index (χ1n) is 8.82. The molecule has 0 saturated heterocycles. The molecule has 0 unspecified atom stereocenters. The third-order valence-electron chi connectivity index (χ3n) is 4.80. The summed E-state index contributed by atoms with van der Waals surface area (Å²) in [5.74, 6) is 0. The molecular formula is C22H21N3O. The number of anilines is 1. The van der Waals surface area contributed by atoms with Crippen LogP contribution in [0, 0.1) is 6.92 Å². The lowest BCUT2D eigenvalue weighted by atomic mass is 10.1. The van der Waals surface area contributed by atoms with Gasteiger partial charge >= 0.3 is 6.03 Å². The van der Waals surface area contributed by atoms with Gasteiger partial charge in [-0.25, -0.2) is 4.79 Å². The maximum Gasteiger partial charge on any atom is 0.319 e. The zero-order valence-electron chi connectivity index (χ0n) is 14.7. The molecule has 3 aromatic rings. The lowest BCUT2D eigenvalue weighted by Gasteiger charge is -2.18. The molecule has 0 atom stereocenters. The van der Waals surface area contributed by atoms with Crippen LogP contribution in [0.2, 0.25) is 0 Å². The smallest absolute Gasteiger partial charge is 0.319 e. The van der Waals surface area contributed by atoms with Crippen molar-refractivity contribution < 1.29 is 4.79 Å². The number of carbonyl (C=O) groups excluding carboxylic acids is 1. The number of aromatic nitrogens is 1. The number of rotatable bonds is 4. The second kappa shape index (κ2) is 6.64. The fourth-order valence-corrected chi connectivity index (χ4v) is 3.22. The molecule has 2 amide bonds. The first-order chi connectivity index (χ1) is 12.6. The standard InChI is InChI=1S/C22H21N3O/c1-16-15-18(11-14-23-16)17-7-9-20(10-8-17)24-21(26)25-22(12-13-22)19-5-3-2-4-6-19/h2-11,14-15H,12-13H2,1H3,(H2,24,25,26). The lowest BCUT2D eigenvalue weighted by Crippen LogP contribution is -2.38. The molecule has 0 bridgehead atoms. The Bertz CT molecular complexity index is 916. The van der Waals surface area contributed by atoms with Crippen LogP contribution in [-0.2, 0) is 5.54 Å². The van der Waals surface area contributed by atoms with Crippen molar-refractivity contribution in [1.82, 2.24) is 10.3 Å². The van der Waals surface area contributed by atoms with Crippen LogP contribution in [0.5, 0.6) is 0 Å². The molecule has 1 aliphatic carbocycles. The van der Waals surface area contributed by atoms with Crippen molar-refractivity contribution in [1.29, 1.82) is 0 Å². The van der Waals surface area contributed by atoms with Gasteiger partial charge in [-0.1, -0.05) is 42.5 Å². The van der Waals surface area contributed by atoms with Crippen molar-refractivity contribution in [3.05, 3.63) is 84.2 Å². The van der Waals surface area contributed by atoms with Crippen LogP contribution in [0.15, 0.2) is 72.9 Å². The van der Waals surface area contributed by atoms with Crippen molar-refractivity contribution in [3.8, 4) is 11.1 Å². The highest BCUT2D eigenvalue weighted by Gasteiger charge is 2.45. The van der Waals surface area contributed by atoms with Gasteiger partial charge in [0.1, 0.15) is 0 Å². The fourth-order valence-electron chi connectivity index (χ4n) is 3.22. The van der Waals surface area contributed by atoms with E-state index in [4.69, 9.17) is 0 Å². The normalized spacial score (nSPS) is 14.5. The Hall–Kier alpha value is -3.14. The maximum atomic E-state index is 12.4. The molecule has 4 rings (SSSR count). The summed E-state index contributed by atoms with van der Waals surface area (Å²) < 4.78 is 0. The van der Waals surface area contributed by atoms with Gasteiger partial charge < -0.3 is 10.6 Å². The number of aryl methyl sites for hydroxylation is 1. The van der Waals surface area contributed by atoms with Crippen LogP contribution in [0.1, 0.15) is 24.1 Å². The predicted molar refractivity (Wildman–Crippen MR) is 104 cm³/mol. The molecule has 2 aromatic carbocycles. The van der Waals surface area contributed by atoms with Crippen LogP contribution in [0.25, 0.3) is 11.1 Å². The molecule has 2 N–H and O–H groups in total. The summed E-state index contributed by atoms with van der Waals surface area (Å²) in [6, 6.07) is 21.9. The van der Waals surface area contributed by atoms with E-state index in [0.717, 1.165) is 35.3 Å². The number of pyridine rings is 1. The second-order valence-corrected chi connectivity index (χ2v) is 6.79. The minimum absolute atomic E-state index is 0.168. The number of urea groups is 1. The predicted octanol–water partition coefficient (Wildman–Crippen LogP) is 4.87. The summed E-state index contributed by atoms with van der Waals surface area (Å²) in [6.45, 7) is 1.98. The fraction of sp³-hybridized carbons (Fsp3) is 0.182. The Kier molecular flexibility index (Phi) is 4.17. The van der Waals surface area contributed by atoms with Gasteiger partial charge in [-0.15, -0.1) is 0 Å². The minimum Gasteiger partial charge on any atom is -0.328 e. The molecule has 0 radical (unpaired) electrons. The summed E-state index contributed by atoms with van der Waals surface area (Å²) in [4.78, 5) is 16.6. The number of nitrogens with zero attached hydrogens (tertiary/aromatic N) is 1. The van der Waals surface area contributed by atoms with E-state index in [9.17, 15) is 4.79 Å². The quantitative estimate of drug-likeness (QED) is 0.710. The van der Waals surface area contributed by atoms with Crippen molar-refractivity contribution in [2.75, 3.05) is 5.32 Å². The Morgan fingerprint density at radius 1 is 0.962 bits per heavy atom. The van der Waals surface area contributed by atoms with Crippen LogP contribution in [0.3, 0.4) is 0 Å². The van der Waals surface area contributed by atoms with E-state index in [0.29, 0.717) is 0 Å². The van der Waals surface area contributed by atoms with Gasteiger partial charge in [0.15, 0.2) is 0 Å². The summed E-state index contributed by atoms with van der Waals surface area (Å²) in [5, 5.41) is 6.06. The van der Waals surface area contributed by atoms with Crippen molar-refractivity contribution in [2.24, 2.45) is 0 Å². The van der Waals surface area contributed by atoms with E-state index in [1.807, 2.05) is 67.7 Å². The molecule has 130 valence electrons. The molecule has 1 aliphatic rings. The van der Waals surface area contributed by atoms with Gasteiger partial charge in [-0.3, -0.25) is 4.98 Å². The topological polar surface area (TPSA) is 54.0 Å². The van der Waals surface area contributed by atoms with Gasteiger partial charge in [0, 0.05) is 17.6 Å². The lowest BCUT2D eigenvalue weighted by molar-refractivity contribution is 0.247. The second-order valence-electron chi connectivity index (χ2n) is 6.79. The van der Waals surface area contributed by atoms with E-state index < -0.39 is 0 Å². The third kappa shape index (κ3) is 3.45. The van der Waals surface area contributed by atoms with Crippen molar-refractivity contribution >= 4 is 11.7 Å². The van der Waals surface area contributed by atoms with Gasteiger partial charge in [-0.2, -0.15) is 0 Å². The highest BCUT2D eigenvalue weighted by atomic mass is 16.2. The van der Waals surface area contributed by atoms with E-state index in [1.165, 1.54) is 5.56 Å². The number of carbonyl (C=O) groups is 1. The zero-order chi connectivity index (χ0) is 18.0. The van der Waals surface area contributed by atoms with E-state index in [1.54, 1.807) is 0 Å². The minimum atomic E-state index is -0.208. The summed E-state index contributed by atoms with van der Waals surface area (Å²) in [5.41, 5.74) is 4.94. The Morgan fingerprint density at radius 3 is 2.35 bits per heavy atom. The molecule has 4 heteroatoms. The first kappa shape index (κ1) is 16.3. The monoisotopic (exact) mass is 343 g/mol. The van der Waals surface area contributed by atoms with Gasteiger partial charge in [-0.05, 0) is 60.7 Å². The molecule has 1 aromatic heterocycles. The van der Waals surface area contributed by atoms with E-state index in [-0.39, 0.29) is 11.6 Å². The number of amides is 2. The molecule has 4 nitrogen and oxygen atoms in total. The van der Waals surface area contributed by atoms with Crippen molar-refractivity contribution in [3.63, 3.8) is 0 Å². The summed E-state index contributed by atoms with van der Waals surface area (Å²) in [7, 11) is 0. The van der Waals surface area contributed by atoms with E-state index >= 15 is 0 Å². The number of benzene rings is 2. The van der Waals surface area contributed by atoms with Gasteiger partial charge in [0.2, 0.25) is 0 Å². The van der Waals surface area contributed by atoms with E-state index in [2.05, 4.69) is 27.8 Å². The average molecular weight is 343 g/mol. The molecule has 1 heterocycles. The highest BCUT2D eigenvalue weighted by molar-refractivity contribution is 5.90. The SMILES string of the molecule is Cc1cc(-c2ccc(NC(=O)NC3(c4ccccc4)CC3)cc2)ccn1. The summed E-state index contributed by atoms with van der Waals surface area (Å²) >= 11 is 0. The van der Waals surface area contributed by atoms with Crippen LogP contribution < -0.4 is 10.6 Å². The Morgan fingerprint density at radius 2 is 1.69 bits per heavy atom. The Balaban J connectivity index is 1.42. The molecule has 1 fully saturated rings. The largest absolute Gasteiger partial charge is 0.328 e. The molecular weight excluding hydrogens is 322 g/mol. The average Bonchev–Trinajstić information content (AvgIpc) is 3.43. The molecule has 0 aliphatic heterocycles. The number of hydrogen-bond donors (Lipinski definition) is 2. The summed E-state index contributed by atoms with van der Waals surface area (Å²) in [6.07, 6.45) is 3.76. The van der Waals surface area contributed by atoms with Crippen molar-refractivity contribution in [2.45, 2.75) is 25.3 Å². The molecule has 1 saturated carbocycles. The third-order valence-corrected chi connectivity index (χ3v) is 4.80. The highest BCUT2D eigenvalue weighted by Crippen LogP contribution is 2.45. The van der Waals surface area contributed by atoms with Crippen LogP contribution in [-0.4, -0.2) is 11.0 Å². The maximum absolute atomic E-state index is 12.4. The Labute approximate surface area is 153 Å². The molecule has 0 spiro atoms. The number of nitrogens with one attached hydrogen (secondary N) is 2. The van der Waals surface area contributed by atoms with Crippen LogP contribution >= 0.6 is 0 Å². The van der Waals surface area contributed by atoms with Gasteiger partial charge in [0.05, 0.1) is 5.54 Å². The molecule has 26 heavy (non-hydrogen) atoms. The zero-order valence-corrected chi connectivity index (χ0v) is 14.7. The van der Waals surface area contributed by atoms with Crippen LogP contribution in [0.4, 0.5) is 10.5 Å².